The first-order valence-corrected chi connectivity index (χ1v) is 9.09. The van der Waals surface area contributed by atoms with Crippen LogP contribution in [0.2, 0.25) is 0 Å². The van der Waals surface area contributed by atoms with E-state index in [1.165, 1.54) is 30.3 Å². The van der Waals surface area contributed by atoms with Gasteiger partial charge in [-0.1, -0.05) is 30.3 Å². The number of nitro groups is 1. The fourth-order valence-electron chi connectivity index (χ4n) is 1.79. The summed E-state index contributed by atoms with van der Waals surface area (Å²) >= 11 is 0. The van der Waals surface area contributed by atoms with Crippen molar-refractivity contribution in [3.05, 3.63) is 64.7 Å². The molecular weight excluding hydrogens is 338 g/mol. The second kappa shape index (κ2) is 6.99. The highest BCUT2D eigenvalue weighted by molar-refractivity contribution is 7.99. The third-order valence-electron chi connectivity index (χ3n) is 2.81. The Balaban J connectivity index is 2.63. The van der Waals surface area contributed by atoms with Crippen molar-refractivity contribution in [3.63, 3.8) is 0 Å². The smallest absolute Gasteiger partial charge is 0.258 e. The minimum atomic E-state index is -3.92. The van der Waals surface area contributed by atoms with Crippen molar-refractivity contribution in [2.75, 3.05) is 14.1 Å². The summed E-state index contributed by atoms with van der Waals surface area (Å²) in [5.74, 6) is 0. The normalized spacial score (nSPS) is 13.2. The summed E-state index contributed by atoms with van der Waals surface area (Å²) in [6, 6.07) is 13.8. The molecule has 0 aromatic heterocycles. The molecule has 0 saturated carbocycles. The predicted octanol–water partition coefficient (Wildman–Crippen LogP) is 2.62. The molecule has 0 radical (unpaired) electrons. The maximum absolute atomic E-state index is 12.4. The van der Waals surface area contributed by atoms with E-state index in [2.05, 4.69) is 3.77 Å². The van der Waals surface area contributed by atoms with Gasteiger partial charge in [0.25, 0.3) is 15.7 Å². The third kappa shape index (κ3) is 4.01. The van der Waals surface area contributed by atoms with E-state index in [9.17, 15) is 18.5 Å². The number of rotatable bonds is 5. The fourth-order valence-corrected chi connectivity index (χ4v) is 5.16. The van der Waals surface area contributed by atoms with Crippen molar-refractivity contribution in [2.24, 2.45) is 3.77 Å². The standard InChI is InChI=1S/C14H15N3O4S2/c1-16(2)22(14-11-7-6-10-13(14)17(18)19)15-23(20,21)12-8-4-3-5-9-12/h3-11H,1-2H3/t22-/m1/s1. The minimum absolute atomic E-state index is 0.0536. The lowest BCUT2D eigenvalue weighted by Crippen LogP contribution is -2.18. The second-order valence-corrected chi connectivity index (χ2v) is 8.38. The first-order chi connectivity index (χ1) is 10.8. The Hall–Kier alpha value is -2.10. The summed E-state index contributed by atoms with van der Waals surface area (Å²) in [7, 11) is -1.98. The maximum Gasteiger partial charge on any atom is 0.289 e. The number of para-hydroxylation sites is 1. The van der Waals surface area contributed by atoms with E-state index in [4.69, 9.17) is 0 Å². The van der Waals surface area contributed by atoms with Gasteiger partial charge in [0.1, 0.15) is 4.90 Å². The molecule has 0 aliphatic rings. The zero-order chi connectivity index (χ0) is 17.0. The van der Waals surface area contributed by atoms with Gasteiger partial charge in [-0.05, 0) is 32.3 Å². The summed E-state index contributed by atoms with van der Waals surface area (Å²) in [6.45, 7) is 0. The van der Waals surface area contributed by atoms with E-state index in [0.29, 0.717) is 0 Å². The van der Waals surface area contributed by atoms with Gasteiger partial charge in [0.2, 0.25) is 0 Å². The molecule has 2 rings (SSSR count). The average Bonchev–Trinajstić information content (AvgIpc) is 2.53. The fraction of sp³-hybridized carbons (Fsp3) is 0.143. The molecule has 0 aliphatic carbocycles. The van der Waals surface area contributed by atoms with Crippen molar-refractivity contribution in [1.29, 1.82) is 0 Å². The van der Waals surface area contributed by atoms with Crippen molar-refractivity contribution in [3.8, 4) is 0 Å². The Kier molecular flexibility index (Phi) is 5.24. The van der Waals surface area contributed by atoms with Gasteiger partial charge in [-0.15, -0.1) is 3.77 Å². The van der Waals surface area contributed by atoms with E-state index < -0.39 is 25.8 Å². The van der Waals surface area contributed by atoms with Crippen LogP contribution in [0, 0.1) is 10.1 Å². The summed E-state index contributed by atoms with van der Waals surface area (Å²) < 4.78 is 30.3. The van der Waals surface area contributed by atoms with Crippen LogP contribution in [-0.4, -0.2) is 31.7 Å². The average molecular weight is 353 g/mol. The quantitative estimate of drug-likeness (QED) is 0.608. The molecule has 7 nitrogen and oxygen atoms in total. The van der Waals surface area contributed by atoms with Crippen LogP contribution in [0.5, 0.6) is 0 Å². The molecule has 0 saturated heterocycles. The van der Waals surface area contributed by atoms with E-state index in [0.717, 1.165) is 0 Å². The van der Waals surface area contributed by atoms with Crippen molar-refractivity contribution in [2.45, 2.75) is 9.79 Å². The van der Waals surface area contributed by atoms with Gasteiger partial charge < -0.3 is 0 Å². The number of nitrogens with zero attached hydrogens (tertiary/aromatic N) is 3. The lowest BCUT2D eigenvalue weighted by Gasteiger charge is -2.15. The van der Waals surface area contributed by atoms with Gasteiger partial charge in [0, 0.05) is 16.9 Å². The van der Waals surface area contributed by atoms with E-state index in [-0.39, 0.29) is 15.5 Å². The highest BCUT2D eigenvalue weighted by Crippen LogP contribution is 2.26. The van der Waals surface area contributed by atoms with Gasteiger partial charge >= 0.3 is 0 Å². The molecule has 0 heterocycles. The van der Waals surface area contributed by atoms with Crippen molar-refractivity contribution >= 4 is 26.6 Å². The number of hydrogen-bond donors (Lipinski definition) is 0. The molecule has 2 aromatic carbocycles. The van der Waals surface area contributed by atoms with E-state index in [1.54, 1.807) is 42.7 Å². The molecule has 1 atom stereocenters. The van der Waals surface area contributed by atoms with Crippen LogP contribution in [0.25, 0.3) is 0 Å². The molecular formula is C14H15N3O4S2. The van der Waals surface area contributed by atoms with Gasteiger partial charge in [0.05, 0.1) is 9.82 Å². The summed E-state index contributed by atoms with van der Waals surface area (Å²) in [5.41, 5.74) is -0.156. The Bertz CT molecular complexity index is 849. The third-order valence-corrected chi connectivity index (χ3v) is 6.46. The molecule has 2 aromatic rings. The number of benzene rings is 2. The van der Waals surface area contributed by atoms with Crippen LogP contribution in [0.1, 0.15) is 0 Å². The number of nitro benzene ring substituents is 1. The molecule has 0 bridgehead atoms. The minimum Gasteiger partial charge on any atom is -0.258 e. The van der Waals surface area contributed by atoms with Crippen molar-refractivity contribution in [1.82, 2.24) is 4.31 Å². The van der Waals surface area contributed by atoms with Crippen LogP contribution in [0.15, 0.2) is 68.2 Å². The monoisotopic (exact) mass is 353 g/mol. The topological polar surface area (TPSA) is 92.9 Å². The molecule has 0 aliphatic heterocycles. The van der Waals surface area contributed by atoms with E-state index in [1.807, 2.05) is 0 Å². The van der Waals surface area contributed by atoms with Crippen LogP contribution in [0.3, 0.4) is 0 Å². The summed E-state index contributed by atoms with van der Waals surface area (Å²) in [5, 5.41) is 11.2. The zero-order valence-corrected chi connectivity index (χ0v) is 14.1. The summed E-state index contributed by atoms with van der Waals surface area (Å²) in [6.07, 6.45) is 0. The lowest BCUT2D eigenvalue weighted by atomic mass is 10.3. The van der Waals surface area contributed by atoms with Crippen molar-refractivity contribution < 1.29 is 13.3 Å². The molecule has 0 amide bonds. The Morgan fingerprint density at radius 2 is 1.61 bits per heavy atom. The SMILES string of the molecule is CN(C)[S@@](=NS(=O)(=O)c1ccccc1)c1ccccc1[N+](=O)[O-]. The van der Waals surface area contributed by atoms with Gasteiger partial charge in [-0.3, -0.25) is 10.1 Å². The largest absolute Gasteiger partial charge is 0.289 e. The Morgan fingerprint density at radius 3 is 2.17 bits per heavy atom. The first-order valence-electron chi connectivity index (χ1n) is 6.51. The molecule has 0 fully saturated rings. The highest BCUT2D eigenvalue weighted by atomic mass is 32.3. The lowest BCUT2D eigenvalue weighted by molar-refractivity contribution is -0.387. The maximum atomic E-state index is 12.4. The predicted molar refractivity (Wildman–Crippen MR) is 88.5 cm³/mol. The number of sulfonamides is 1. The Morgan fingerprint density at radius 1 is 1.04 bits per heavy atom. The number of hydrogen-bond acceptors (Lipinski definition) is 4. The summed E-state index contributed by atoms with van der Waals surface area (Å²) in [4.78, 5) is 11.0. The Labute approximate surface area is 137 Å². The van der Waals surface area contributed by atoms with Crippen LogP contribution >= 0.6 is 0 Å². The van der Waals surface area contributed by atoms with Gasteiger partial charge in [0.15, 0.2) is 0 Å². The molecule has 0 unspecified atom stereocenters. The second-order valence-electron chi connectivity index (χ2n) is 4.66. The first kappa shape index (κ1) is 17.3. The van der Waals surface area contributed by atoms with E-state index >= 15 is 0 Å². The highest BCUT2D eigenvalue weighted by Gasteiger charge is 2.22. The molecule has 122 valence electrons. The van der Waals surface area contributed by atoms with Crippen LogP contribution < -0.4 is 0 Å². The van der Waals surface area contributed by atoms with Gasteiger partial charge in [-0.2, -0.15) is 8.42 Å². The van der Waals surface area contributed by atoms with Crippen LogP contribution in [-0.2, 0) is 20.9 Å². The molecule has 9 heteroatoms. The molecule has 23 heavy (non-hydrogen) atoms. The zero-order valence-electron chi connectivity index (χ0n) is 12.5. The van der Waals surface area contributed by atoms with Crippen LogP contribution in [0.4, 0.5) is 5.69 Å². The molecule has 0 N–H and O–H groups in total. The van der Waals surface area contributed by atoms with Gasteiger partial charge in [-0.25, -0.2) is 4.31 Å². The molecule has 0 spiro atoms.